The van der Waals surface area contributed by atoms with Crippen molar-refractivity contribution < 1.29 is 13.9 Å². The third-order valence-electron chi connectivity index (χ3n) is 4.15. The van der Waals surface area contributed by atoms with Crippen molar-refractivity contribution in [2.45, 2.75) is 23.4 Å². The SMILES string of the molecule is CN(CC1Cc2ccccc2O1)C(=O)c1ccc(CSc2ncn[nH]2)o1. The number of furan rings is 1. The normalized spacial score (nSPS) is 15.5. The van der Waals surface area contributed by atoms with Crippen LogP contribution in [0, 0.1) is 0 Å². The van der Waals surface area contributed by atoms with Gasteiger partial charge in [0.2, 0.25) is 0 Å². The zero-order valence-corrected chi connectivity index (χ0v) is 15.0. The number of nitrogens with zero attached hydrogens (tertiary/aromatic N) is 3. The summed E-state index contributed by atoms with van der Waals surface area (Å²) in [5.74, 6) is 2.38. The van der Waals surface area contributed by atoms with E-state index in [1.807, 2.05) is 24.3 Å². The van der Waals surface area contributed by atoms with Crippen molar-refractivity contribution in [2.75, 3.05) is 13.6 Å². The fraction of sp³-hybridized carbons (Fsp3) is 0.278. The number of H-pyrrole nitrogens is 1. The van der Waals surface area contributed by atoms with E-state index in [9.17, 15) is 4.79 Å². The van der Waals surface area contributed by atoms with Gasteiger partial charge in [-0.2, -0.15) is 5.10 Å². The van der Waals surface area contributed by atoms with Gasteiger partial charge in [-0.3, -0.25) is 9.89 Å². The molecule has 0 saturated carbocycles. The van der Waals surface area contributed by atoms with Crippen LogP contribution in [0.4, 0.5) is 0 Å². The molecule has 2 aromatic heterocycles. The summed E-state index contributed by atoms with van der Waals surface area (Å²) >= 11 is 1.46. The molecule has 1 aliphatic rings. The molecule has 0 fully saturated rings. The number of benzene rings is 1. The number of ether oxygens (including phenoxy) is 1. The third kappa shape index (κ3) is 3.60. The number of carbonyl (C=O) groups is 1. The maximum absolute atomic E-state index is 12.6. The van der Waals surface area contributed by atoms with E-state index < -0.39 is 0 Å². The van der Waals surface area contributed by atoms with Crippen molar-refractivity contribution in [1.82, 2.24) is 20.1 Å². The van der Waals surface area contributed by atoms with E-state index in [2.05, 4.69) is 21.2 Å². The number of aromatic nitrogens is 3. The second-order valence-corrected chi connectivity index (χ2v) is 7.05. The zero-order chi connectivity index (χ0) is 17.9. The molecule has 1 atom stereocenters. The minimum Gasteiger partial charge on any atom is -0.488 e. The minimum atomic E-state index is -0.152. The van der Waals surface area contributed by atoms with Crippen molar-refractivity contribution in [3.63, 3.8) is 0 Å². The number of hydrogen-bond donors (Lipinski definition) is 1. The van der Waals surface area contributed by atoms with Crippen LogP contribution >= 0.6 is 11.8 Å². The summed E-state index contributed by atoms with van der Waals surface area (Å²) in [6.45, 7) is 0.510. The molecule has 1 amide bonds. The summed E-state index contributed by atoms with van der Waals surface area (Å²) in [6, 6.07) is 11.5. The Morgan fingerprint density at radius 3 is 3.04 bits per heavy atom. The molecular formula is C18H18N4O3S. The second-order valence-electron chi connectivity index (χ2n) is 6.08. The molecule has 1 aromatic carbocycles. The van der Waals surface area contributed by atoms with Crippen molar-refractivity contribution in [3.05, 3.63) is 59.8 Å². The molecule has 8 heteroatoms. The van der Waals surface area contributed by atoms with Crippen LogP contribution in [0.1, 0.15) is 21.9 Å². The van der Waals surface area contributed by atoms with Gasteiger partial charge in [0, 0.05) is 13.5 Å². The largest absolute Gasteiger partial charge is 0.488 e. The van der Waals surface area contributed by atoms with Gasteiger partial charge >= 0.3 is 0 Å². The number of para-hydroxylation sites is 1. The molecule has 0 radical (unpaired) electrons. The van der Waals surface area contributed by atoms with Crippen LogP contribution < -0.4 is 4.74 Å². The van der Waals surface area contributed by atoms with Crippen LogP contribution in [0.5, 0.6) is 5.75 Å². The van der Waals surface area contributed by atoms with Crippen LogP contribution in [-0.2, 0) is 12.2 Å². The van der Waals surface area contributed by atoms with Gasteiger partial charge in [-0.25, -0.2) is 4.98 Å². The molecule has 0 bridgehead atoms. The lowest BCUT2D eigenvalue weighted by atomic mass is 10.1. The van der Waals surface area contributed by atoms with Gasteiger partial charge < -0.3 is 14.1 Å². The third-order valence-corrected chi connectivity index (χ3v) is 5.05. The first-order chi connectivity index (χ1) is 12.7. The Morgan fingerprint density at radius 1 is 1.35 bits per heavy atom. The predicted molar refractivity (Wildman–Crippen MR) is 96.2 cm³/mol. The van der Waals surface area contributed by atoms with Gasteiger partial charge in [-0.05, 0) is 23.8 Å². The Morgan fingerprint density at radius 2 is 2.23 bits per heavy atom. The maximum Gasteiger partial charge on any atom is 0.289 e. The van der Waals surface area contributed by atoms with Crippen LogP contribution in [0.2, 0.25) is 0 Å². The monoisotopic (exact) mass is 370 g/mol. The molecule has 0 aliphatic carbocycles. The molecule has 4 rings (SSSR count). The Balaban J connectivity index is 1.32. The highest BCUT2D eigenvalue weighted by Crippen LogP contribution is 2.28. The van der Waals surface area contributed by atoms with Crippen LogP contribution in [0.15, 0.2) is 52.3 Å². The highest BCUT2D eigenvalue weighted by molar-refractivity contribution is 7.98. The van der Waals surface area contributed by atoms with Gasteiger partial charge in [-0.1, -0.05) is 30.0 Å². The molecule has 26 heavy (non-hydrogen) atoms. The molecule has 3 heterocycles. The number of likely N-dealkylation sites (N-methyl/N-ethyl adjacent to an activating group) is 1. The van der Waals surface area contributed by atoms with Crippen molar-refractivity contribution in [3.8, 4) is 5.75 Å². The van der Waals surface area contributed by atoms with E-state index in [4.69, 9.17) is 9.15 Å². The highest BCUT2D eigenvalue weighted by atomic mass is 32.2. The minimum absolute atomic E-state index is 0.0298. The number of nitrogens with one attached hydrogen (secondary N) is 1. The summed E-state index contributed by atoms with van der Waals surface area (Å²) < 4.78 is 11.6. The number of hydrogen-bond acceptors (Lipinski definition) is 6. The number of carbonyl (C=O) groups excluding carboxylic acids is 1. The van der Waals surface area contributed by atoms with Crippen LogP contribution in [-0.4, -0.2) is 45.7 Å². The predicted octanol–water partition coefficient (Wildman–Crippen LogP) is 2.77. The summed E-state index contributed by atoms with van der Waals surface area (Å²) in [5.41, 5.74) is 1.18. The zero-order valence-electron chi connectivity index (χ0n) is 14.2. The molecule has 7 nitrogen and oxygen atoms in total. The summed E-state index contributed by atoms with van der Waals surface area (Å²) in [6.07, 6.45) is 2.24. The number of thioether (sulfide) groups is 1. The summed E-state index contributed by atoms with van der Waals surface area (Å²) in [4.78, 5) is 18.3. The van der Waals surface area contributed by atoms with Crippen molar-refractivity contribution in [1.29, 1.82) is 0 Å². The molecule has 0 spiro atoms. The molecule has 0 saturated heterocycles. The average Bonchev–Trinajstić information content (AvgIpc) is 3.38. The standard InChI is InChI=1S/C18H18N4O3S/c1-22(9-14-8-12-4-2-3-5-15(12)25-14)17(23)16-7-6-13(24-16)10-26-18-19-11-20-21-18/h2-7,11,14H,8-10H2,1H3,(H,19,20,21). The number of aromatic amines is 1. The van der Waals surface area contributed by atoms with Gasteiger partial charge in [0.05, 0.1) is 12.3 Å². The fourth-order valence-corrected chi connectivity index (χ4v) is 3.58. The van der Waals surface area contributed by atoms with E-state index in [1.165, 1.54) is 23.7 Å². The van der Waals surface area contributed by atoms with E-state index >= 15 is 0 Å². The molecule has 1 N–H and O–H groups in total. The first-order valence-corrected chi connectivity index (χ1v) is 9.24. The molecule has 3 aromatic rings. The van der Waals surface area contributed by atoms with E-state index in [-0.39, 0.29) is 12.0 Å². The quantitative estimate of drug-likeness (QED) is 0.672. The lowest BCUT2D eigenvalue weighted by Gasteiger charge is -2.20. The average molecular weight is 370 g/mol. The molecule has 1 unspecified atom stereocenters. The van der Waals surface area contributed by atoms with Crippen LogP contribution in [0.3, 0.4) is 0 Å². The maximum atomic E-state index is 12.6. The smallest absolute Gasteiger partial charge is 0.289 e. The number of amides is 1. The van der Waals surface area contributed by atoms with Gasteiger partial charge in [0.15, 0.2) is 10.9 Å². The lowest BCUT2D eigenvalue weighted by molar-refractivity contribution is 0.0698. The molecule has 134 valence electrons. The van der Waals surface area contributed by atoms with Crippen molar-refractivity contribution >= 4 is 17.7 Å². The topological polar surface area (TPSA) is 84.2 Å². The first-order valence-electron chi connectivity index (χ1n) is 8.26. The summed E-state index contributed by atoms with van der Waals surface area (Å²) in [7, 11) is 1.76. The van der Waals surface area contributed by atoms with E-state index in [0.29, 0.717) is 29.0 Å². The van der Waals surface area contributed by atoms with E-state index in [0.717, 1.165) is 12.2 Å². The van der Waals surface area contributed by atoms with Crippen molar-refractivity contribution in [2.24, 2.45) is 0 Å². The Labute approximate surface area is 154 Å². The Kier molecular flexibility index (Phi) is 4.66. The highest BCUT2D eigenvalue weighted by Gasteiger charge is 2.26. The number of fused-ring (bicyclic) bond motifs is 1. The van der Waals surface area contributed by atoms with Crippen LogP contribution in [0.25, 0.3) is 0 Å². The Bertz CT molecular complexity index is 868. The van der Waals surface area contributed by atoms with Gasteiger partial charge in [0.1, 0.15) is 23.9 Å². The Hall–Kier alpha value is -2.74. The van der Waals surface area contributed by atoms with E-state index in [1.54, 1.807) is 18.0 Å². The summed E-state index contributed by atoms with van der Waals surface area (Å²) in [5, 5.41) is 7.28. The fourth-order valence-electron chi connectivity index (χ4n) is 2.91. The lowest BCUT2D eigenvalue weighted by Crippen LogP contribution is -2.36. The van der Waals surface area contributed by atoms with Gasteiger partial charge in [0.25, 0.3) is 5.91 Å². The first kappa shape index (κ1) is 16.7. The molecular weight excluding hydrogens is 352 g/mol. The molecule has 1 aliphatic heterocycles. The second kappa shape index (κ2) is 7.25. The van der Waals surface area contributed by atoms with Gasteiger partial charge in [-0.15, -0.1) is 0 Å². The number of rotatable bonds is 6.